The quantitative estimate of drug-likeness (QED) is 0.0470. The van der Waals surface area contributed by atoms with Gasteiger partial charge in [0.25, 0.3) is 5.56 Å². The van der Waals surface area contributed by atoms with Crippen LogP contribution in [-0.2, 0) is 28.5 Å². The Kier molecular flexibility index (Phi) is 18.2. The third-order valence-electron chi connectivity index (χ3n) is 10.5. The number of rotatable bonds is 20. The van der Waals surface area contributed by atoms with Crippen molar-refractivity contribution in [1.82, 2.24) is 20.2 Å². The van der Waals surface area contributed by atoms with E-state index in [1.54, 1.807) is 6.08 Å². The van der Waals surface area contributed by atoms with E-state index in [0.29, 0.717) is 6.42 Å². The summed E-state index contributed by atoms with van der Waals surface area (Å²) < 4.78 is 24.1. The Morgan fingerprint density at radius 3 is 2.00 bits per heavy atom. The highest BCUT2D eigenvalue weighted by Gasteiger charge is 2.53. The largest absolute Gasteiger partial charge is 0.394 e. The van der Waals surface area contributed by atoms with Gasteiger partial charge in [0.05, 0.1) is 18.8 Å². The number of aliphatic hydroxyl groups excluding tert-OH is 8. The lowest BCUT2D eigenvalue weighted by Crippen LogP contribution is -2.68. The second kappa shape index (κ2) is 22.3. The Morgan fingerprint density at radius 2 is 1.40 bits per heavy atom. The number of nitrogens with one attached hydrogen (secondary N) is 3. The van der Waals surface area contributed by atoms with Crippen LogP contribution in [0.1, 0.15) is 90.7 Å². The van der Waals surface area contributed by atoms with Crippen molar-refractivity contribution in [3.05, 3.63) is 45.3 Å². The standard InChI is InChI=1S/C37H60N4O16/c1-3-4-5-6-7-8-9-10-11-12-13-14-23(45)39-26-30(50)27(47)21(54-36(26)57-35-25(38-19(2)43)29(49)28(48)22(18-42)55-35)17-20(44)33-31(51)32(52)34(56-33)41-16-15-24(46)40-37(41)53/h13-16,20-22,25-36,42,44,47-52H,3-12,17-18H2,1-2H3,(H,38,43)(H,39,45)(H,40,46,53). The summed E-state index contributed by atoms with van der Waals surface area (Å²) in [5, 5.41) is 91.3. The zero-order valence-electron chi connectivity index (χ0n) is 32.2. The van der Waals surface area contributed by atoms with Gasteiger partial charge >= 0.3 is 5.69 Å². The van der Waals surface area contributed by atoms with Gasteiger partial charge in [0, 0.05) is 25.6 Å². The lowest BCUT2D eigenvalue weighted by Gasteiger charge is -2.47. The lowest BCUT2D eigenvalue weighted by atomic mass is 9.91. The molecule has 57 heavy (non-hydrogen) atoms. The summed E-state index contributed by atoms with van der Waals surface area (Å²) in [6, 6.07) is -2.01. The number of hydrogen-bond acceptors (Lipinski definition) is 16. The van der Waals surface area contributed by atoms with Crippen LogP contribution in [0.4, 0.5) is 0 Å². The van der Waals surface area contributed by atoms with Crippen molar-refractivity contribution in [2.75, 3.05) is 6.61 Å². The Balaban J connectivity index is 1.48. The monoisotopic (exact) mass is 816 g/mol. The number of nitrogens with zero attached hydrogens (tertiary/aromatic N) is 1. The van der Waals surface area contributed by atoms with E-state index in [1.807, 2.05) is 4.98 Å². The van der Waals surface area contributed by atoms with Gasteiger partial charge in [0.15, 0.2) is 18.8 Å². The fraction of sp³-hybridized carbons (Fsp3) is 0.784. The highest BCUT2D eigenvalue weighted by Crippen LogP contribution is 2.34. The van der Waals surface area contributed by atoms with E-state index in [4.69, 9.17) is 18.9 Å². The molecular weight excluding hydrogens is 756 g/mol. The maximum Gasteiger partial charge on any atom is 0.330 e. The molecule has 0 saturated carbocycles. The van der Waals surface area contributed by atoms with Gasteiger partial charge in [-0.25, -0.2) is 4.79 Å². The molecule has 0 radical (unpaired) electrons. The van der Waals surface area contributed by atoms with Crippen molar-refractivity contribution in [2.24, 2.45) is 0 Å². The number of aromatic nitrogens is 2. The molecular formula is C37H60N4O16. The molecule has 3 aliphatic heterocycles. The van der Waals surface area contributed by atoms with Gasteiger partial charge in [0.2, 0.25) is 11.8 Å². The number of unbranched alkanes of at least 4 members (excludes halogenated alkanes) is 9. The van der Waals surface area contributed by atoms with Crippen LogP contribution < -0.4 is 21.9 Å². The van der Waals surface area contributed by atoms with Crippen LogP contribution in [0.5, 0.6) is 0 Å². The topological polar surface area (TPSA) is 312 Å². The van der Waals surface area contributed by atoms with E-state index in [0.717, 1.165) is 49.4 Å². The average molecular weight is 817 g/mol. The summed E-state index contributed by atoms with van der Waals surface area (Å²) in [4.78, 5) is 51.0. The molecule has 0 spiro atoms. The molecule has 3 saturated heterocycles. The summed E-state index contributed by atoms with van der Waals surface area (Å²) in [6.45, 7) is 2.52. The summed E-state index contributed by atoms with van der Waals surface area (Å²) in [5.74, 6) is -1.35. The zero-order chi connectivity index (χ0) is 41.8. The molecule has 3 fully saturated rings. The predicted molar refractivity (Wildman–Crippen MR) is 198 cm³/mol. The molecule has 1 aromatic heterocycles. The SMILES string of the molecule is CCCCCCCCCCCC=CC(=O)NC1C(OC2OC(CO)C(O)C(O)C2NC(C)=O)OC(CC(O)C2OC(n3ccc(=O)[nH]c3=O)C(O)C2O)C(O)C1O. The van der Waals surface area contributed by atoms with Gasteiger partial charge in [-0.15, -0.1) is 0 Å². The molecule has 15 unspecified atom stereocenters. The normalized spacial score (nSPS) is 35.0. The predicted octanol–water partition coefficient (Wildman–Crippen LogP) is -2.72. The number of allylic oxidation sites excluding steroid dienone is 1. The fourth-order valence-corrected chi connectivity index (χ4v) is 7.32. The van der Waals surface area contributed by atoms with Crippen molar-refractivity contribution in [2.45, 2.75) is 176 Å². The van der Waals surface area contributed by atoms with Crippen LogP contribution in [0.2, 0.25) is 0 Å². The molecule has 20 heteroatoms. The molecule has 4 rings (SSSR count). The number of H-pyrrole nitrogens is 1. The first-order chi connectivity index (χ1) is 27.2. The van der Waals surface area contributed by atoms with Crippen molar-refractivity contribution >= 4 is 11.8 Å². The van der Waals surface area contributed by atoms with Crippen LogP contribution >= 0.6 is 0 Å². The van der Waals surface area contributed by atoms with Gasteiger partial charge in [-0.05, 0) is 18.9 Å². The van der Waals surface area contributed by atoms with Crippen LogP contribution in [0.25, 0.3) is 0 Å². The average Bonchev–Trinajstić information content (AvgIpc) is 3.46. The third-order valence-corrected chi connectivity index (χ3v) is 10.5. The van der Waals surface area contributed by atoms with Crippen LogP contribution in [0.15, 0.2) is 34.0 Å². The molecule has 324 valence electrons. The minimum Gasteiger partial charge on any atom is -0.394 e. The van der Waals surface area contributed by atoms with E-state index < -0.39 is 128 Å². The van der Waals surface area contributed by atoms with Gasteiger partial charge in [-0.3, -0.25) is 23.9 Å². The molecule has 15 atom stereocenters. The van der Waals surface area contributed by atoms with E-state index >= 15 is 0 Å². The van der Waals surface area contributed by atoms with Crippen LogP contribution in [0.3, 0.4) is 0 Å². The second-order valence-electron chi connectivity index (χ2n) is 14.9. The highest BCUT2D eigenvalue weighted by molar-refractivity contribution is 5.87. The number of aliphatic hydroxyl groups is 8. The van der Waals surface area contributed by atoms with Gasteiger partial charge in [-0.1, -0.05) is 64.4 Å². The highest BCUT2D eigenvalue weighted by atomic mass is 16.8. The zero-order valence-corrected chi connectivity index (χ0v) is 32.2. The van der Waals surface area contributed by atoms with Gasteiger partial charge in [0.1, 0.15) is 60.9 Å². The van der Waals surface area contributed by atoms with E-state index in [2.05, 4.69) is 17.6 Å². The maximum absolute atomic E-state index is 13.1. The number of hydrogen-bond donors (Lipinski definition) is 11. The molecule has 3 aliphatic rings. The summed E-state index contributed by atoms with van der Waals surface area (Å²) in [5.41, 5.74) is -1.68. The van der Waals surface area contributed by atoms with Crippen molar-refractivity contribution in [3.63, 3.8) is 0 Å². The Bertz CT molecular complexity index is 1560. The first kappa shape index (κ1) is 46.6. The first-order valence-electron chi connectivity index (χ1n) is 19.7. The number of carbonyl (C=O) groups is 2. The number of amides is 2. The molecule has 11 N–H and O–H groups in total. The molecule has 0 bridgehead atoms. The van der Waals surface area contributed by atoms with Crippen molar-refractivity contribution in [3.8, 4) is 0 Å². The van der Waals surface area contributed by atoms with Crippen molar-refractivity contribution in [1.29, 1.82) is 0 Å². The first-order valence-corrected chi connectivity index (χ1v) is 19.7. The molecule has 0 aromatic carbocycles. The molecule has 0 aliphatic carbocycles. The van der Waals surface area contributed by atoms with E-state index in [9.17, 15) is 60.0 Å². The molecule has 2 amide bonds. The molecule has 20 nitrogen and oxygen atoms in total. The summed E-state index contributed by atoms with van der Waals surface area (Å²) >= 11 is 0. The smallest absolute Gasteiger partial charge is 0.330 e. The third kappa shape index (κ3) is 12.4. The van der Waals surface area contributed by atoms with Crippen LogP contribution in [0, 0.1) is 0 Å². The van der Waals surface area contributed by atoms with E-state index in [1.165, 1.54) is 38.2 Å². The number of carbonyl (C=O) groups excluding carboxylic acids is 2. The van der Waals surface area contributed by atoms with Crippen molar-refractivity contribution < 1.29 is 69.4 Å². The lowest BCUT2D eigenvalue weighted by molar-refractivity contribution is -0.346. The Morgan fingerprint density at radius 1 is 0.825 bits per heavy atom. The van der Waals surface area contributed by atoms with Gasteiger partial charge < -0.3 is 70.4 Å². The minimum absolute atomic E-state index is 0.597. The molecule has 1 aromatic rings. The summed E-state index contributed by atoms with van der Waals surface area (Å²) in [7, 11) is 0. The fourth-order valence-electron chi connectivity index (χ4n) is 7.32. The van der Waals surface area contributed by atoms with Crippen LogP contribution in [-0.4, -0.2) is 155 Å². The Hall–Kier alpha value is -3.12. The number of aromatic amines is 1. The molecule has 4 heterocycles. The number of ether oxygens (including phenoxy) is 4. The Labute approximate surface area is 329 Å². The maximum atomic E-state index is 13.1. The summed E-state index contributed by atoms with van der Waals surface area (Å²) in [6.07, 6.45) is -7.70. The van der Waals surface area contributed by atoms with Gasteiger partial charge in [-0.2, -0.15) is 0 Å². The minimum atomic E-state index is -1.85. The van der Waals surface area contributed by atoms with E-state index in [-0.39, 0.29) is 0 Å². The second-order valence-corrected chi connectivity index (χ2v) is 14.9.